The number of rotatable bonds is 2. The molecule has 0 N–H and O–H groups in total. The standard InChI is InChI=1S/C18H21N5O/c1-12-20-15-9-13(6-7-17(15)22(12)3)18(24)23-8-4-5-16(23)14-10-19-21(2)11-14/h6-7,9-11,16H,4-5,8H2,1-3H3/t16-/m1/s1. The van der Waals surface area contributed by atoms with Gasteiger partial charge in [-0.15, -0.1) is 0 Å². The van der Waals surface area contributed by atoms with Crippen LogP contribution in [0.4, 0.5) is 0 Å². The van der Waals surface area contributed by atoms with Crippen LogP contribution in [-0.4, -0.2) is 36.7 Å². The summed E-state index contributed by atoms with van der Waals surface area (Å²) in [5, 5.41) is 4.25. The second-order valence-electron chi connectivity index (χ2n) is 6.53. The number of hydrogen-bond acceptors (Lipinski definition) is 3. The van der Waals surface area contributed by atoms with Gasteiger partial charge in [-0.25, -0.2) is 4.98 Å². The number of aromatic nitrogens is 4. The molecule has 1 saturated heterocycles. The SMILES string of the molecule is Cc1nc2cc(C(=O)N3CCC[C@@H]3c3cnn(C)c3)ccc2n1C. The van der Waals surface area contributed by atoms with Crippen molar-refractivity contribution in [3.8, 4) is 0 Å². The molecule has 6 heteroatoms. The molecule has 124 valence electrons. The largest absolute Gasteiger partial charge is 0.331 e. The van der Waals surface area contributed by atoms with E-state index in [2.05, 4.69) is 10.1 Å². The molecule has 1 atom stereocenters. The molecule has 0 spiro atoms. The molecule has 0 saturated carbocycles. The summed E-state index contributed by atoms with van der Waals surface area (Å²) in [4.78, 5) is 19.5. The minimum atomic E-state index is 0.0755. The van der Waals surface area contributed by atoms with Crippen LogP contribution in [-0.2, 0) is 14.1 Å². The highest BCUT2D eigenvalue weighted by atomic mass is 16.2. The van der Waals surface area contributed by atoms with E-state index in [1.807, 2.05) is 61.1 Å². The molecular weight excluding hydrogens is 302 g/mol. The third kappa shape index (κ3) is 2.29. The Morgan fingerprint density at radius 1 is 1.29 bits per heavy atom. The normalized spacial score (nSPS) is 17.8. The maximum absolute atomic E-state index is 13.0. The first-order valence-electron chi connectivity index (χ1n) is 8.27. The second-order valence-corrected chi connectivity index (χ2v) is 6.53. The molecule has 1 amide bonds. The Hall–Kier alpha value is -2.63. The van der Waals surface area contributed by atoms with Crippen LogP contribution in [0.25, 0.3) is 11.0 Å². The number of hydrogen-bond donors (Lipinski definition) is 0. The fraction of sp³-hybridized carbons (Fsp3) is 0.389. The average molecular weight is 323 g/mol. The number of nitrogens with zero attached hydrogens (tertiary/aromatic N) is 5. The molecule has 1 fully saturated rings. The first-order valence-corrected chi connectivity index (χ1v) is 8.27. The molecule has 24 heavy (non-hydrogen) atoms. The molecule has 3 heterocycles. The third-order valence-electron chi connectivity index (χ3n) is 4.97. The molecule has 0 aliphatic carbocycles. The lowest BCUT2D eigenvalue weighted by atomic mass is 10.1. The number of carbonyl (C=O) groups is 1. The zero-order valence-corrected chi connectivity index (χ0v) is 14.2. The molecule has 0 radical (unpaired) electrons. The Morgan fingerprint density at radius 2 is 2.12 bits per heavy atom. The minimum absolute atomic E-state index is 0.0755. The Morgan fingerprint density at radius 3 is 2.88 bits per heavy atom. The van der Waals surface area contributed by atoms with Crippen molar-refractivity contribution in [1.82, 2.24) is 24.2 Å². The van der Waals surface area contributed by atoms with Crippen LogP contribution >= 0.6 is 0 Å². The Kier molecular flexibility index (Phi) is 3.40. The van der Waals surface area contributed by atoms with E-state index in [1.165, 1.54) is 0 Å². The summed E-state index contributed by atoms with van der Waals surface area (Å²) in [5.41, 5.74) is 3.74. The van der Waals surface area contributed by atoms with Gasteiger partial charge in [0.2, 0.25) is 0 Å². The molecule has 1 aliphatic rings. The van der Waals surface area contributed by atoms with Gasteiger partial charge < -0.3 is 9.47 Å². The maximum atomic E-state index is 13.0. The monoisotopic (exact) mass is 323 g/mol. The molecule has 0 unspecified atom stereocenters. The quantitative estimate of drug-likeness (QED) is 0.728. The van der Waals surface area contributed by atoms with Crippen LogP contribution < -0.4 is 0 Å². The first kappa shape index (κ1) is 14.9. The van der Waals surface area contributed by atoms with Crippen LogP contribution in [0.15, 0.2) is 30.6 Å². The maximum Gasteiger partial charge on any atom is 0.254 e. The molecule has 4 rings (SSSR count). The van der Waals surface area contributed by atoms with E-state index >= 15 is 0 Å². The van der Waals surface area contributed by atoms with Crippen LogP contribution in [0.5, 0.6) is 0 Å². The van der Waals surface area contributed by atoms with Crippen molar-refractivity contribution in [3.63, 3.8) is 0 Å². The summed E-state index contributed by atoms with van der Waals surface area (Å²) in [5.74, 6) is 1.02. The number of aryl methyl sites for hydroxylation is 3. The number of likely N-dealkylation sites (tertiary alicyclic amines) is 1. The van der Waals surface area contributed by atoms with E-state index in [-0.39, 0.29) is 11.9 Å². The molecule has 1 aromatic carbocycles. The van der Waals surface area contributed by atoms with E-state index in [1.54, 1.807) is 4.68 Å². The first-order chi connectivity index (χ1) is 11.5. The summed E-state index contributed by atoms with van der Waals surface area (Å²) in [6.45, 7) is 2.76. The fourth-order valence-electron chi connectivity index (χ4n) is 3.59. The van der Waals surface area contributed by atoms with Crippen LogP contribution in [0, 0.1) is 6.92 Å². The summed E-state index contributed by atoms with van der Waals surface area (Å²) < 4.78 is 3.83. The van der Waals surface area contributed by atoms with Crippen molar-refractivity contribution in [2.24, 2.45) is 14.1 Å². The molecule has 6 nitrogen and oxygen atoms in total. The predicted octanol–water partition coefficient (Wildman–Crippen LogP) is 2.59. The van der Waals surface area contributed by atoms with Gasteiger partial charge >= 0.3 is 0 Å². The van der Waals surface area contributed by atoms with E-state index in [0.29, 0.717) is 5.56 Å². The van der Waals surface area contributed by atoms with Gasteiger partial charge in [-0.1, -0.05) is 0 Å². The van der Waals surface area contributed by atoms with Gasteiger partial charge in [0.15, 0.2) is 0 Å². The van der Waals surface area contributed by atoms with Crippen molar-refractivity contribution < 1.29 is 4.79 Å². The molecule has 1 aliphatic heterocycles. The molecule has 3 aromatic rings. The lowest BCUT2D eigenvalue weighted by molar-refractivity contribution is 0.0736. The Bertz CT molecular complexity index is 923. The van der Waals surface area contributed by atoms with Gasteiger partial charge in [-0.05, 0) is 38.0 Å². The zero-order chi connectivity index (χ0) is 16.8. The second kappa shape index (κ2) is 5.47. The minimum Gasteiger partial charge on any atom is -0.331 e. The Labute approximate surface area is 140 Å². The topological polar surface area (TPSA) is 56.0 Å². The predicted molar refractivity (Wildman–Crippen MR) is 91.7 cm³/mol. The highest BCUT2D eigenvalue weighted by Gasteiger charge is 2.31. The van der Waals surface area contributed by atoms with Crippen LogP contribution in [0.1, 0.15) is 40.6 Å². The summed E-state index contributed by atoms with van der Waals surface area (Å²) in [7, 11) is 3.90. The molecule has 0 bridgehead atoms. The average Bonchev–Trinajstić information content (AvgIpc) is 3.27. The van der Waals surface area contributed by atoms with Crippen molar-refractivity contribution in [2.45, 2.75) is 25.8 Å². The number of imidazole rings is 1. The Balaban J connectivity index is 1.67. The van der Waals surface area contributed by atoms with Crippen LogP contribution in [0.3, 0.4) is 0 Å². The summed E-state index contributed by atoms with van der Waals surface area (Å²) in [6, 6.07) is 5.91. The summed E-state index contributed by atoms with van der Waals surface area (Å²) >= 11 is 0. The van der Waals surface area contributed by atoms with Crippen molar-refractivity contribution in [3.05, 3.63) is 47.5 Å². The molecule has 2 aromatic heterocycles. The van der Waals surface area contributed by atoms with Gasteiger partial charge in [0.25, 0.3) is 5.91 Å². The van der Waals surface area contributed by atoms with Crippen molar-refractivity contribution in [1.29, 1.82) is 0 Å². The number of carbonyl (C=O) groups excluding carboxylic acids is 1. The highest BCUT2D eigenvalue weighted by Crippen LogP contribution is 2.33. The lowest BCUT2D eigenvalue weighted by Gasteiger charge is -2.24. The van der Waals surface area contributed by atoms with Gasteiger partial charge in [0, 0.05) is 38.0 Å². The smallest absolute Gasteiger partial charge is 0.254 e. The number of fused-ring (bicyclic) bond motifs is 1. The van der Waals surface area contributed by atoms with Gasteiger partial charge in [-0.2, -0.15) is 5.10 Å². The summed E-state index contributed by atoms with van der Waals surface area (Å²) in [6.07, 6.45) is 5.88. The fourth-order valence-corrected chi connectivity index (χ4v) is 3.59. The lowest BCUT2D eigenvalue weighted by Crippen LogP contribution is -2.30. The zero-order valence-electron chi connectivity index (χ0n) is 14.2. The van der Waals surface area contributed by atoms with Crippen molar-refractivity contribution >= 4 is 16.9 Å². The van der Waals surface area contributed by atoms with Gasteiger partial charge in [0.05, 0.1) is 23.3 Å². The van der Waals surface area contributed by atoms with Gasteiger partial charge in [0.1, 0.15) is 5.82 Å². The molecular formula is C18H21N5O. The van der Waals surface area contributed by atoms with E-state index in [9.17, 15) is 4.79 Å². The van der Waals surface area contributed by atoms with Crippen molar-refractivity contribution in [2.75, 3.05) is 6.54 Å². The van der Waals surface area contributed by atoms with E-state index < -0.39 is 0 Å². The number of benzene rings is 1. The van der Waals surface area contributed by atoms with E-state index in [4.69, 9.17) is 0 Å². The van der Waals surface area contributed by atoms with Crippen LogP contribution in [0.2, 0.25) is 0 Å². The highest BCUT2D eigenvalue weighted by molar-refractivity contribution is 5.97. The third-order valence-corrected chi connectivity index (χ3v) is 4.97. The number of amides is 1. The van der Waals surface area contributed by atoms with E-state index in [0.717, 1.165) is 41.8 Å². The van der Waals surface area contributed by atoms with Gasteiger partial charge in [-0.3, -0.25) is 9.48 Å².